The van der Waals surface area contributed by atoms with Crippen molar-refractivity contribution in [1.29, 1.82) is 0 Å². The van der Waals surface area contributed by atoms with E-state index in [2.05, 4.69) is 14.7 Å². The Bertz CT molecular complexity index is 578. The van der Waals surface area contributed by atoms with Gasteiger partial charge in [-0.2, -0.15) is 4.37 Å². The van der Waals surface area contributed by atoms with Crippen molar-refractivity contribution >= 4 is 16.7 Å². The first kappa shape index (κ1) is 12.5. The number of aromatic nitrogens is 2. The molecule has 1 saturated carbocycles. The molecule has 0 atom stereocenters. The van der Waals surface area contributed by atoms with Crippen LogP contribution in [0.3, 0.4) is 0 Å². The fourth-order valence-corrected chi connectivity index (χ4v) is 2.73. The van der Waals surface area contributed by atoms with Crippen LogP contribution in [0.5, 0.6) is 0 Å². The second-order valence-corrected chi connectivity index (χ2v) is 5.73. The van der Waals surface area contributed by atoms with Crippen LogP contribution in [0.1, 0.15) is 35.7 Å². The van der Waals surface area contributed by atoms with Crippen molar-refractivity contribution in [3.63, 3.8) is 0 Å². The van der Waals surface area contributed by atoms with Gasteiger partial charge in [0.15, 0.2) is 0 Å². The Labute approximate surface area is 116 Å². The van der Waals surface area contributed by atoms with Gasteiger partial charge < -0.3 is 5.32 Å². The monoisotopic (exact) mass is 277 g/mol. The molecule has 19 heavy (non-hydrogen) atoms. The molecule has 0 amide bonds. The summed E-state index contributed by atoms with van der Waals surface area (Å²) in [5.74, 6) is 1.42. The summed E-state index contributed by atoms with van der Waals surface area (Å²) in [6.45, 7) is 2.74. The lowest BCUT2D eigenvalue weighted by molar-refractivity contribution is 0.625. The summed E-state index contributed by atoms with van der Waals surface area (Å²) in [7, 11) is 0. The number of rotatable bonds is 5. The van der Waals surface area contributed by atoms with E-state index in [0.717, 1.165) is 29.5 Å². The molecule has 5 heteroatoms. The Morgan fingerprint density at radius 2 is 2.26 bits per heavy atom. The molecule has 1 aromatic heterocycles. The van der Waals surface area contributed by atoms with Crippen LogP contribution in [0.2, 0.25) is 0 Å². The maximum atomic E-state index is 13.0. The highest BCUT2D eigenvalue weighted by Crippen LogP contribution is 2.39. The molecule has 0 radical (unpaired) electrons. The molecule has 0 saturated heterocycles. The summed E-state index contributed by atoms with van der Waals surface area (Å²) < 4.78 is 17.3. The first-order valence-corrected chi connectivity index (χ1v) is 7.32. The molecule has 0 spiro atoms. The van der Waals surface area contributed by atoms with Crippen molar-refractivity contribution in [2.75, 3.05) is 11.9 Å². The van der Waals surface area contributed by atoms with E-state index in [1.54, 1.807) is 6.07 Å². The fourth-order valence-electron chi connectivity index (χ4n) is 2.06. The number of aryl methyl sites for hydroxylation is 1. The molecule has 2 aromatic rings. The van der Waals surface area contributed by atoms with Gasteiger partial charge in [-0.25, -0.2) is 9.37 Å². The van der Waals surface area contributed by atoms with Crippen molar-refractivity contribution in [3.05, 3.63) is 41.0 Å². The van der Waals surface area contributed by atoms with Gasteiger partial charge in [-0.05, 0) is 49.4 Å². The number of anilines is 1. The summed E-state index contributed by atoms with van der Waals surface area (Å²) in [6.07, 6.45) is 3.32. The van der Waals surface area contributed by atoms with Gasteiger partial charge in [-0.15, -0.1) is 0 Å². The smallest absolute Gasteiger partial charge is 0.202 e. The highest BCUT2D eigenvalue weighted by atomic mass is 32.1. The average Bonchev–Trinajstić information content (AvgIpc) is 3.13. The number of hydrogen-bond donors (Lipinski definition) is 1. The minimum atomic E-state index is -0.174. The third-order valence-corrected chi connectivity index (χ3v) is 4.05. The van der Waals surface area contributed by atoms with Gasteiger partial charge in [0.2, 0.25) is 5.13 Å². The molecule has 3 nitrogen and oxygen atoms in total. The molecule has 1 heterocycles. The molecule has 0 aliphatic heterocycles. The second kappa shape index (κ2) is 5.25. The largest absolute Gasteiger partial charge is 0.360 e. The summed E-state index contributed by atoms with van der Waals surface area (Å²) in [6, 6.07) is 4.94. The van der Waals surface area contributed by atoms with E-state index >= 15 is 0 Å². The van der Waals surface area contributed by atoms with Crippen molar-refractivity contribution < 1.29 is 4.39 Å². The van der Waals surface area contributed by atoms with Crippen LogP contribution in [-0.2, 0) is 6.42 Å². The van der Waals surface area contributed by atoms with Crippen molar-refractivity contribution in [1.82, 2.24) is 9.36 Å². The summed E-state index contributed by atoms with van der Waals surface area (Å²) >= 11 is 1.43. The average molecular weight is 277 g/mol. The molecule has 1 aromatic carbocycles. The fraction of sp³-hybridized carbons (Fsp3) is 0.429. The topological polar surface area (TPSA) is 37.8 Å². The highest BCUT2D eigenvalue weighted by molar-refractivity contribution is 7.09. The highest BCUT2D eigenvalue weighted by Gasteiger charge is 2.27. The Kier molecular flexibility index (Phi) is 3.46. The minimum Gasteiger partial charge on any atom is -0.360 e. The van der Waals surface area contributed by atoms with E-state index in [0.29, 0.717) is 5.92 Å². The van der Waals surface area contributed by atoms with Crippen molar-refractivity contribution in [2.45, 2.75) is 32.1 Å². The third kappa shape index (κ3) is 3.10. The maximum Gasteiger partial charge on any atom is 0.202 e. The Morgan fingerprint density at radius 3 is 3.00 bits per heavy atom. The van der Waals surface area contributed by atoms with E-state index in [4.69, 9.17) is 0 Å². The Balaban J connectivity index is 1.54. The minimum absolute atomic E-state index is 0.174. The van der Waals surface area contributed by atoms with Crippen molar-refractivity contribution in [3.8, 4) is 0 Å². The first-order chi connectivity index (χ1) is 9.22. The number of halogens is 1. The molecular formula is C14H16FN3S. The molecule has 0 unspecified atom stereocenters. The number of benzene rings is 1. The summed E-state index contributed by atoms with van der Waals surface area (Å²) in [5.41, 5.74) is 2.17. The molecule has 1 aliphatic rings. The lowest BCUT2D eigenvalue weighted by atomic mass is 10.1. The lowest BCUT2D eigenvalue weighted by Gasteiger charge is -2.06. The molecular weight excluding hydrogens is 261 g/mol. The number of nitrogens with one attached hydrogen (secondary N) is 1. The van der Waals surface area contributed by atoms with Gasteiger partial charge in [0.25, 0.3) is 0 Å². The first-order valence-electron chi connectivity index (χ1n) is 6.55. The van der Waals surface area contributed by atoms with Crippen LogP contribution >= 0.6 is 11.5 Å². The van der Waals surface area contributed by atoms with Crippen LogP contribution in [-0.4, -0.2) is 15.9 Å². The second-order valence-electron chi connectivity index (χ2n) is 4.98. The number of nitrogens with zero attached hydrogens (tertiary/aromatic N) is 2. The molecule has 0 bridgehead atoms. The standard InChI is InChI=1S/C14H16FN3S/c1-9-8-12(15)5-4-10(9)6-7-16-14-17-13(18-19-14)11-2-3-11/h4-5,8,11H,2-3,6-7H2,1H3,(H,16,17,18). The zero-order chi connectivity index (χ0) is 13.2. The van der Waals surface area contributed by atoms with Crippen LogP contribution in [0.25, 0.3) is 0 Å². The van der Waals surface area contributed by atoms with Crippen molar-refractivity contribution in [2.24, 2.45) is 0 Å². The molecule has 1 fully saturated rings. The number of hydrogen-bond acceptors (Lipinski definition) is 4. The Morgan fingerprint density at radius 1 is 1.42 bits per heavy atom. The molecule has 100 valence electrons. The van der Waals surface area contributed by atoms with E-state index in [1.165, 1.54) is 36.0 Å². The molecule has 1 aliphatic carbocycles. The summed E-state index contributed by atoms with van der Waals surface area (Å²) in [5, 5.41) is 4.18. The predicted octanol–water partition coefficient (Wildman–Crippen LogP) is 3.52. The third-order valence-electron chi connectivity index (χ3n) is 3.36. The molecule has 3 rings (SSSR count). The predicted molar refractivity (Wildman–Crippen MR) is 75.2 cm³/mol. The maximum absolute atomic E-state index is 13.0. The van der Waals surface area contributed by atoms with Crippen LogP contribution < -0.4 is 5.32 Å². The zero-order valence-electron chi connectivity index (χ0n) is 10.8. The quantitative estimate of drug-likeness (QED) is 0.908. The van der Waals surface area contributed by atoms with Gasteiger partial charge in [-0.1, -0.05) is 6.07 Å². The van der Waals surface area contributed by atoms with Crippen LogP contribution in [0.15, 0.2) is 18.2 Å². The molecule has 1 N–H and O–H groups in total. The normalized spacial score (nSPS) is 14.6. The van der Waals surface area contributed by atoms with Crippen LogP contribution in [0.4, 0.5) is 9.52 Å². The van der Waals surface area contributed by atoms with E-state index in [-0.39, 0.29) is 5.82 Å². The van der Waals surface area contributed by atoms with E-state index in [1.807, 2.05) is 13.0 Å². The van der Waals surface area contributed by atoms with Gasteiger partial charge in [-0.3, -0.25) is 0 Å². The van der Waals surface area contributed by atoms with Gasteiger partial charge in [0, 0.05) is 24.0 Å². The Hall–Kier alpha value is -1.49. The van der Waals surface area contributed by atoms with Crippen LogP contribution in [0, 0.1) is 12.7 Å². The van der Waals surface area contributed by atoms with Gasteiger partial charge >= 0.3 is 0 Å². The van der Waals surface area contributed by atoms with E-state index < -0.39 is 0 Å². The van der Waals surface area contributed by atoms with Gasteiger partial charge in [0.1, 0.15) is 11.6 Å². The van der Waals surface area contributed by atoms with E-state index in [9.17, 15) is 4.39 Å². The lowest BCUT2D eigenvalue weighted by Crippen LogP contribution is -2.05. The SMILES string of the molecule is Cc1cc(F)ccc1CCNc1nc(C2CC2)ns1. The zero-order valence-corrected chi connectivity index (χ0v) is 11.6. The summed E-state index contributed by atoms with van der Waals surface area (Å²) in [4.78, 5) is 4.48. The van der Waals surface area contributed by atoms with Gasteiger partial charge in [0.05, 0.1) is 0 Å².